The lowest BCUT2D eigenvalue weighted by Crippen LogP contribution is -2.09. The van der Waals surface area contributed by atoms with E-state index in [9.17, 15) is 39.6 Å². The van der Waals surface area contributed by atoms with Gasteiger partial charge in [0, 0.05) is 22.4 Å². The highest BCUT2D eigenvalue weighted by atomic mass is 16.4. The van der Waals surface area contributed by atoms with Gasteiger partial charge in [-0.2, -0.15) is 0 Å². The van der Waals surface area contributed by atoms with E-state index in [0.717, 1.165) is 0 Å². The first-order chi connectivity index (χ1) is 29.1. The first-order valence-electron chi connectivity index (χ1n) is 18.6. The molecule has 4 aromatic carbocycles. The third kappa shape index (κ3) is 6.12. The van der Waals surface area contributed by atoms with Gasteiger partial charge in [0.05, 0.1) is 44.8 Å². The van der Waals surface area contributed by atoms with Crippen LogP contribution in [0.15, 0.2) is 133 Å². The van der Waals surface area contributed by atoms with Gasteiger partial charge in [-0.3, -0.25) is 0 Å². The predicted molar refractivity (Wildman–Crippen MR) is 227 cm³/mol. The van der Waals surface area contributed by atoms with E-state index in [0.29, 0.717) is 33.5 Å². The summed E-state index contributed by atoms with van der Waals surface area (Å²) in [5, 5.41) is 44.4. The van der Waals surface area contributed by atoms with Crippen molar-refractivity contribution in [1.29, 1.82) is 0 Å². The number of fused-ring (bicyclic) bond motifs is 8. The quantitative estimate of drug-likeness (QED) is 0.0988. The van der Waals surface area contributed by atoms with Crippen molar-refractivity contribution >= 4 is 69.7 Å². The Morgan fingerprint density at radius 2 is 0.867 bits per heavy atom. The molecule has 0 saturated heterocycles. The van der Waals surface area contributed by atoms with E-state index in [2.05, 4.69) is 9.97 Å². The molecule has 0 unspecified atom stereocenters. The van der Waals surface area contributed by atoms with E-state index < -0.39 is 23.9 Å². The molecule has 60 heavy (non-hydrogen) atoms. The van der Waals surface area contributed by atoms with E-state index in [1.807, 2.05) is 0 Å². The smallest absolute Gasteiger partial charge is 0.340 e. The first-order valence-corrected chi connectivity index (χ1v) is 18.6. The molecule has 8 bridgehead atoms. The number of H-pyrrole nitrogens is 1. The Bertz CT molecular complexity index is 3190. The molecule has 0 spiro atoms. The standard InChI is InChI=1S/C48H30N4O8/c53-45(54)38-31-21-22-33(49-31)39(46(55)56)35-25-30(26-13-5-1-6-14-26)42(51-35)41(48(59)60)44-37(28-17-9-3-10-18-28)36(27-15-7-2-8-16-27)43(52(44)29-19-11-4-12-20-29)40(47(57)58)34-24-23-32(38)50-34/h1-25,49H,(H,53,54)(H,55,56)(H,57,58)(H,59,60). The molecule has 0 aliphatic carbocycles. The SMILES string of the molecule is O=C(O)c1c2nc(c(C(=O)O)c3c(-c4ccccc4)c(-c4ccccc4)c(c(C(=O)O)c4nc(c(C(=O)O)c5ccc1[nH]5)C=C4c1ccccc1)n3-c1ccccc1)C=C2. The fourth-order valence-electron chi connectivity index (χ4n) is 7.93. The van der Waals surface area contributed by atoms with Gasteiger partial charge >= 0.3 is 23.9 Å². The molecular weight excluding hydrogens is 761 g/mol. The number of carboxylic acid groups (broad SMARTS) is 4. The van der Waals surface area contributed by atoms with Crippen molar-refractivity contribution in [3.8, 4) is 27.9 Å². The molecule has 3 aromatic heterocycles. The van der Waals surface area contributed by atoms with E-state index in [1.54, 1.807) is 126 Å². The van der Waals surface area contributed by atoms with Crippen LogP contribution in [0.4, 0.5) is 0 Å². The average Bonchev–Trinajstić information content (AvgIpc) is 4.06. The summed E-state index contributed by atoms with van der Waals surface area (Å²) in [6.45, 7) is 0. The number of hydrogen-bond acceptors (Lipinski definition) is 6. The highest BCUT2D eigenvalue weighted by Crippen LogP contribution is 2.47. The van der Waals surface area contributed by atoms with Gasteiger partial charge in [0.1, 0.15) is 22.3 Å². The first kappa shape index (κ1) is 37.0. The Morgan fingerprint density at radius 1 is 0.450 bits per heavy atom. The number of hydrogen-bond donors (Lipinski definition) is 5. The van der Waals surface area contributed by atoms with E-state index in [4.69, 9.17) is 4.98 Å². The summed E-state index contributed by atoms with van der Waals surface area (Å²) >= 11 is 0. The molecule has 9 rings (SSSR count). The lowest BCUT2D eigenvalue weighted by atomic mass is 9.92. The summed E-state index contributed by atoms with van der Waals surface area (Å²) in [5.41, 5.74) is 1.20. The summed E-state index contributed by atoms with van der Waals surface area (Å²) in [6, 6.07) is 38.2. The number of carboxylic acids is 4. The average molecular weight is 791 g/mol. The van der Waals surface area contributed by atoms with Crippen molar-refractivity contribution in [2.75, 3.05) is 0 Å². The van der Waals surface area contributed by atoms with Crippen molar-refractivity contribution in [1.82, 2.24) is 19.5 Å². The molecule has 290 valence electrons. The van der Waals surface area contributed by atoms with Crippen molar-refractivity contribution in [2.45, 2.75) is 0 Å². The molecule has 2 aliphatic rings. The van der Waals surface area contributed by atoms with Crippen LogP contribution in [0.2, 0.25) is 0 Å². The molecule has 12 heteroatoms. The second-order valence-electron chi connectivity index (χ2n) is 13.8. The summed E-state index contributed by atoms with van der Waals surface area (Å²) < 4.78 is 1.57. The summed E-state index contributed by atoms with van der Waals surface area (Å²) in [5.74, 6) is -5.67. The number of aromatic amines is 1. The van der Waals surface area contributed by atoms with Crippen LogP contribution < -0.4 is 0 Å². The van der Waals surface area contributed by atoms with Gasteiger partial charge in [0.2, 0.25) is 0 Å². The van der Waals surface area contributed by atoms with Crippen molar-refractivity contribution in [3.63, 3.8) is 0 Å². The van der Waals surface area contributed by atoms with Crippen LogP contribution in [0.3, 0.4) is 0 Å². The van der Waals surface area contributed by atoms with E-state index >= 15 is 0 Å². The molecule has 0 amide bonds. The zero-order valence-corrected chi connectivity index (χ0v) is 31.2. The highest BCUT2D eigenvalue weighted by Gasteiger charge is 2.33. The fraction of sp³-hybridized carbons (Fsp3) is 0. The third-order valence-electron chi connectivity index (χ3n) is 10.4. The van der Waals surface area contributed by atoms with Crippen molar-refractivity contribution in [3.05, 3.63) is 184 Å². The van der Waals surface area contributed by atoms with Crippen LogP contribution >= 0.6 is 0 Å². The van der Waals surface area contributed by atoms with Crippen molar-refractivity contribution < 1.29 is 39.6 Å². The lowest BCUT2D eigenvalue weighted by molar-refractivity contribution is 0.0687. The summed E-state index contributed by atoms with van der Waals surface area (Å²) in [6.07, 6.45) is 4.27. The number of para-hydroxylation sites is 1. The molecule has 2 aliphatic heterocycles. The number of nitrogens with zero attached hydrogens (tertiary/aromatic N) is 3. The number of benzene rings is 4. The Kier molecular flexibility index (Phi) is 9.06. The van der Waals surface area contributed by atoms with Crippen LogP contribution in [0.25, 0.3) is 73.8 Å². The molecule has 5 heterocycles. The Labute approximate surface area is 340 Å². The van der Waals surface area contributed by atoms with E-state index in [-0.39, 0.29) is 72.7 Å². The minimum absolute atomic E-state index is 0.0102. The highest BCUT2D eigenvalue weighted by molar-refractivity contribution is 6.18. The number of aromatic nitrogens is 4. The topological polar surface area (TPSA) is 196 Å². The molecule has 0 saturated carbocycles. The Morgan fingerprint density at radius 3 is 1.35 bits per heavy atom. The molecule has 0 radical (unpaired) electrons. The maximum atomic E-state index is 14.3. The van der Waals surface area contributed by atoms with Gasteiger partial charge in [-0.15, -0.1) is 0 Å². The number of carbonyl (C=O) groups is 4. The normalized spacial score (nSPS) is 11.9. The minimum atomic E-state index is -1.43. The molecule has 5 N–H and O–H groups in total. The largest absolute Gasteiger partial charge is 0.478 e. The van der Waals surface area contributed by atoms with Crippen LogP contribution in [0.1, 0.15) is 69.8 Å². The molecule has 0 atom stereocenters. The van der Waals surface area contributed by atoms with Crippen LogP contribution in [-0.4, -0.2) is 63.8 Å². The Balaban J connectivity index is 1.71. The third-order valence-corrected chi connectivity index (χ3v) is 10.4. The Hall–Kier alpha value is -8.64. The van der Waals surface area contributed by atoms with Gasteiger partial charge in [0.25, 0.3) is 0 Å². The van der Waals surface area contributed by atoms with Gasteiger partial charge in [-0.25, -0.2) is 29.1 Å². The summed E-state index contributed by atoms with van der Waals surface area (Å²) in [4.78, 5) is 66.9. The minimum Gasteiger partial charge on any atom is -0.478 e. The molecule has 12 nitrogen and oxygen atoms in total. The fourth-order valence-corrected chi connectivity index (χ4v) is 7.93. The van der Waals surface area contributed by atoms with Gasteiger partial charge < -0.3 is 30.0 Å². The van der Waals surface area contributed by atoms with Gasteiger partial charge in [-0.1, -0.05) is 109 Å². The summed E-state index contributed by atoms with van der Waals surface area (Å²) in [7, 11) is 0. The zero-order valence-electron chi connectivity index (χ0n) is 31.2. The molecule has 7 aromatic rings. The number of rotatable bonds is 8. The monoisotopic (exact) mass is 790 g/mol. The van der Waals surface area contributed by atoms with Gasteiger partial charge in [-0.05, 0) is 59.2 Å². The van der Waals surface area contributed by atoms with Crippen molar-refractivity contribution in [2.24, 2.45) is 0 Å². The maximum Gasteiger partial charge on any atom is 0.340 e. The van der Waals surface area contributed by atoms with E-state index in [1.165, 1.54) is 30.4 Å². The lowest BCUT2D eigenvalue weighted by Gasteiger charge is -2.13. The second kappa shape index (κ2) is 14.7. The van der Waals surface area contributed by atoms with Crippen LogP contribution in [-0.2, 0) is 0 Å². The second-order valence-corrected chi connectivity index (χ2v) is 13.8. The van der Waals surface area contributed by atoms with Gasteiger partial charge in [0.15, 0.2) is 0 Å². The number of nitrogens with one attached hydrogen (secondary N) is 1. The number of aromatic carboxylic acids is 4. The van der Waals surface area contributed by atoms with Crippen LogP contribution in [0.5, 0.6) is 0 Å². The predicted octanol–water partition coefficient (Wildman–Crippen LogP) is 9.66. The zero-order chi connectivity index (χ0) is 41.7. The van der Waals surface area contributed by atoms with Crippen LogP contribution in [0, 0.1) is 0 Å². The molecule has 0 fully saturated rings. The maximum absolute atomic E-state index is 14.3. The molecular formula is C48H30N4O8.